The molecule has 0 atom stereocenters. The van der Waals surface area contributed by atoms with Crippen molar-refractivity contribution in [3.05, 3.63) is 28.7 Å². The zero-order valence-electron chi connectivity index (χ0n) is 10.0. The SMILES string of the molecule is COCCN(CCO)S(=O)(=O)c1ccccc1Br. The Balaban J connectivity index is 3.05. The molecule has 0 heterocycles. The largest absolute Gasteiger partial charge is 0.395 e. The number of rotatable bonds is 7. The minimum Gasteiger partial charge on any atom is -0.395 e. The number of hydrogen-bond donors (Lipinski definition) is 1. The Morgan fingerprint density at radius 2 is 2.00 bits per heavy atom. The second kappa shape index (κ2) is 7.20. The molecule has 0 aliphatic rings. The maximum Gasteiger partial charge on any atom is 0.244 e. The predicted octanol–water partition coefficient (Wildman–Crippen LogP) is 1.08. The first-order valence-electron chi connectivity index (χ1n) is 5.38. The van der Waals surface area contributed by atoms with Crippen LogP contribution in [0.4, 0.5) is 0 Å². The van der Waals surface area contributed by atoms with Crippen LogP contribution in [-0.2, 0) is 14.8 Å². The lowest BCUT2D eigenvalue weighted by Crippen LogP contribution is -2.36. The van der Waals surface area contributed by atoms with Crippen LogP contribution < -0.4 is 0 Å². The third kappa shape index (κ3) is 3.76. The smallest absolute Gasteiger partial charge is 0.244 e. The number of benzene rings is 1. The second-order valence-corrected chi connectivity index (χ2v) is 6.31. The molecule has 0 spiro atoms. The van der Waals surface area contributed by atoms with Crippen LogP contribution in [-0.4, -0.2) is 51.2 Å². The lowest BCUT2D eigenvalue weighted by Gasteiger charge is -2.21. The molecule has 1 aromatic carbocycles. The van der Waals surface area contributed by atoms with Crippen molar-refractivity contribution in [1.29, 1.82) is 0 Å². The van der Waals surface area contributed by atoms with Gasteiger partial charge < -0.3 is 9.84 Å². The van der Waals surface area contributed by atoms with Gasteiger partial charge in [-0.05, 0) is 28.1 Å². The van der Waals surface area contributed by atoms with Gasteiger partial charge in [-0.25, -0.2) is 8.42 Å². The van der Waals surface area contributed by atoms with E-state index in [9.17, 15) is 8.42 Å². The van der Waals surface area contributed by atoms with E-state index in [2.05, 4.69) is 15.9 Å². The van der Waals surface area contributed by atoms with Crippen LogP contribution in [0.2, 0.25) is 0 Å². The Labute approximate surface area is 116 Å². The third-order valence-electron chi connectivity index (χ3n) is 2.35. The number of aliphatic hydroxyl groups is 1. The summed E-state index contributed by atoms with van der Waals surface area (Å²) in [6.07, 6.45) is 0. The van der Waals surface area contributed by atoms with Gasteiger partial charge in [-0.3, -0.25) is 0 Å². The van der Waals surface area contributed by atoms with E-state index < -0.39 is 10.0 Å². The van der Waals surface area contributed by atoms with Crippen LogP contribution in [0.3, 0.4) is 0 Å². The third-order valence-corrected chi connectivity index (χ3v) is 5.26. The fraction of sp³-hybridized carbons (Fsp3) is 0.455. The zero-order valence-corrected chi connectivity index (χ0v) is 12.4. The Kier molecular flexibility index (Phi) is 6.24. The van der Waals surface area contributed by atoms with Crippen molar-refractivity contribution in [3.8, 4) is 0 Å². The molecule has 1 aromatic rings. The number of halogens is 1. The van der Waals surface area contributed by atoms with Crippen molar-refractivity contribution in [2.45, 2.75) is 4.90 Å². The van der Waals surface area contributed by atoms with Crippen LogP contribution in [0.15, 0.2) is 33.6 Å². The molecule has 102 valence electrons. The standard InChI is InChI=1S/C11H16BrNO4S/c1-17-9-7-13(6-8-14)18(15,16)11-5-3-2-4-10(11)12/h2-5,14H,6-9H2,1H3. The van der Waals surface area contributed by atoms with Crippen LogP contribution in [0, 0.1) is 0 Å². The quantitative estimate of drug-likeness (QED) is 0.808. The molecule has 0 aliphatic carbocycles. The van der Waals surface area contributed by atoms with E-state index in [1.54, 1.807) is 18.2 Å². The van der Waals surface area contributed by atoms with Crippen molar-refractivity contribution in [2.24, 2.45) is 0 Å². The molecule has 7 heteroatoms. The minimum absolute atomic E-state index is 0.0486. The van der Waals surface area contributed by atoms with Crippen LogP contribution in [0.5, 0.6) is 0 Å². The molecule has 0 fully saturated rings. The Hall–Kier alpha value is -0.470. The van der Waals surface area contributed by atoms with E-state index in [1.165, 1.54) is 17.5 Å². The van der Waals surface area contributed by atoms with Crippen molar-refractivity contribution in [1.82, 2.24) is 4.31 Å². The van der Waals surface area contributed by atoms with E-state index >= 15 is 0 Å². The molecular formula is C11H16BrNO4S. The maximum atomic E-state index is 12.4. The molecule has 0 amide bonds. The number of aliphatic hydroxyl groups excluding tert-OH is 1. The summed E-state index contributed by atoms with van der Waals surface area (Å²) in [4.78, 5) is 0.189. The van der Waals surface area contributed by atoms with Gasteiger partial charge in [0.25, 0.3) is 0 Å². The summed E-state index contributed by atoms with van der Waals surface area (Å²) in [5, 5.41) is 8.96. The van der Waals surface area contributed by atoms with Gasteiger partial charge >= 0.3 is 0 Å². The molecule has 0 aromatic heterocycles. The maximum absolute atomic E-state index is 12.4. The molecule has 1 N–H and O–H groups in total. The minimum atomic E-state index is -3.62. The zero-order chi connectivity index (χ0) is 13.6. The van der Waals surface area contributed by atoms with E-state index in [0.29, 0.717) is 4.47 Å². The van der Waals surface area contributed by atoms with Gasteiger partial charge in [0.1, 0.15) is 0 Å². The molecule has 0 unspecified atom stereocenters. The number of sulfonamides is 1. The highest BCUT2D eigenvalue weighted by molar-refractivity contribution is 9.10. The first-order chi connectivity index (χ1) is 8.54. The van der Waals surface area contributed by atoms with Gasteiger partial charge in [0.2, 0.25) is 10.0 Å². The molecular weight excluding hydrogens is 322 g/mol. The monoisotopic (exact) mass is 337 g/mol. The van der Waals surface area contributed by atoms with Crippen molar-refractivity contribution in [2.75, 3.05) is 33.4 Å². The van der Waals surface area contributed by atoms with Crippen LogP contribution in [0.1, 0.15) is 0 Å². The Bertz CT molecular complexity index is 478. The normalized spacial score (nSPS) is 12.0. The van der Waals surface area contributed by atoms with Crippen LogP contribution >= 0.6 is 15.9 Å². The number of ether oxygens (including phenoxy) is 1. The molecule has 1 rings (SSSR count). The predicted molar refractivity (Wildman–Crippen MR) is 71.9 cm³/mol. The summed E-state index contributed by atoms with van der Waals surface area (Å²) < 4.78 is 31.3. The van der Waals surface area contributed by atoms with Crippen LogP contribution in [0.25, 0.3) is 0 Å². The summed E-state index contributed by atoms with van der Waals surface area (Å²) >= 11 is 3.22. The van der Waals surface area contributed by atoms with Gasteiger partial charge in [0.05, 0.1) is 18.1 Å². The summed E-state index contributed by atoms with van der Waals surface area (Å²) in [6, 6.07) is 6.59. The van der Waals surface area contributed by atoms with Crippen molar-refractivity contribution < 1.29 is 18.3 Å². The highest BCUT2D eigenvalue weighted by Gasteiger charge is 2.25. The van der Waals surface area contributed by atoms with E-state index in [4.69, 9.17) is 9.84 Å². The molecule has 0 bridgehead atoms. The molecule has 0 saturated heterocycles. The van der Waals surface area contributed by atoms with E-state index in [1.807, 2.05) is 0 Å². The summed E-state index contributed by atoms with van der Waals surface area (Å²) in [5.41, 5.74) is 0. The first kappa shape index (κ1) is 15.6. The average Bonchev–Trinajstić information content (AvgIpc) is 2.34. The lowest BCUT2D eigenvalue weighted by molar-refractivity contribution is 0.168. The fourth-order valence-corrected chi connectivity index (χ4v) is 3.83. The van der Waals surface area contributed by atoms with Crippen molar-refractivity contribution in [3.63, 3.8) is 0 Å². The summed E-state index contributed by atoms with van der Waals surface area (Å²) in [6.45, 7) is 0.310. The van der Waals surface area contributed by atoms with Gasteiger partial charge in [-0.2, -0.15) is 4.31 Å². The van der Waals surface area contributed by atoms with Crippen molar-refractivity contribution >= 4 is 26.0 Å². The second-order valence-electron chi connectivity index (χ2n) is 3.55. The number of methoxy groups -OCH3 is 1. The average molecular weight is 338 g/mol. The van der Waals surface area contributed by atoms with Gasteiger partial charge in [-0.15, -0.1) is 0 Å². The topological polar surface area (TPSA) is 66.8 Å². The number of nitrogens with zero attached hydrogens (tertiary/aromatic N) is 1. The highest BCUT2D eigenvalue weighted by atomic mass is 79.9. The summed E-state index contributed by atoms with van der Waals surface area (Å²) in [7, 11) is -2.12. The van der Waals surface area contributed by atoms with Gasteiger partial charge in [-0.1, -0.05) is 12.1 Å². The highest BCUT2D eigenvalue weighted by Crippen LogP contribution is 2.24. The number of hydrogen-bond acceptors (Lipinski definition) is 4. The van der Waals surface area contributed by atoms with E-state index in [-0.39, 0.29) is 31.2 Å². The molecule has 0 radical (unpaired) electrons. The van der Waals surface area contributed by atoms with Gasteiger partial charge in [0.15, 0.2) is 0 Å². The summed E-state index contributed by atoms with van der Waals surface area (Å²) in [5.74, 6) is 0. The fourth-order valence-electron chi connectivity index (χ4n) is 1.45. The van der Waals surface area contributed by atoms with Gasteiger partial charge in [0, 0.05) is 24.7 Å². The van der Waals surface area contributed by atoms with E-state index in [0.717, 1.165) is 0 Å². The molecule has 0 aliphatic heterocycles. The lowest BCUT2D eigenvalue weighted by atomic mass is 10.4. The molecule has 18 heavy (non-hydrogen) atoms. The molecule has 0 saturated carbocycles. The molecule has 5 nitrogen and oxygen atoms in total. The Morgan fingerprint density at radius 1 is 1.33 bits per heavy atom. The Morgan fingerprint density at radius 3 is 2.56 bits per heavy atom. The first-order valence-corrected chi connectivity index (χ1v) is 7.62.